The molecule has 164 valence electrons. The lowest BCUT2D eigenvalue weighted by Crippen LogP contribution is -2.34. The number of fused-ring (bicyclic) bond motifs is 1. The molecule has 2 heterocycles. The highest BCUT2D eigenvalue weighted by Gasteiger charge is 2.40. The molecule has 2 saturated heterocycles. The van der Waals surface area contributed by atoms with Crippen molar-refractivity contribution in [3.8, 4) is 0 Å². The summed E-state index contributed by atoms with van der Waals surface area (Å²) in [6.45, 7) is 3.52. The van der Waals surface area contributed by atoms with E-state index in [1.807, 2.05) is 12.1 Å². The second kappa shape index (κ2) is 8.84. The SMILES string of the molecule is CN1C[C@@H]2CCN(c3ccc(NC(=O)C4CCC(c5ccc(Cl)cc5)CC4)cc3)[C@@H]2C1. The molecule has 5 rings (SSSR count). The first kappa shape index (κ1) is 20.8. The van der Waals surface area contributed by atoms with Crippen molar-refractivity contribution in [3.05, 3.63) is 59.1 Å². The highest BCUT2D eigenvalue weighted by Crippen LogP contribution is 2.37. The average molecular weight is 438 g/mol. The minimum Gasteiger partial charge on any atom is -0.367 e. The number of nitrogens with one attached hydrogen (secondary N) is 1. The summed E-state index contributed by atoms with van der Waals surface area (Å²) in [7, 11) is 2.22. The first-order chi connectivity index (χ1) is 15.1. The molecule has 0 unspecified atom stereocenters. The molecule has 3 aliphatic rings. The van der Waals surface area contributed by atoms with E-state index in [9.17, 15) is 4.79 Å². The van der Waals surface area contributed by atoms with Crippen LogP contribution in [0.1, 0.15) is 43.6 Å². The van der Waals surface area contributed by atoms with E-state index in [0.29, 0.717) is 12.0 Å². The maximum absolute atomic E-state index is 12.8. The fourth-order valence-electron chi connectivity index (χ4n) is 5.90. The molecular weight excluding hydrogens is 406 g/mol. The van der Waals surface area contributed by atoms with Crippen LogP contribution in [0.15, 0.2) is 48.5 Å². The molecule has 2 aromatic rings. The molecule has 5 heteroatoms. The predicted octanol–water partition coefficient (Wildman–Crippen LogP) is 5.39. The lowest BCUT2D eigenvalue weighted by atomic mass is 9.78. The summed E-state index contributed by atoms with van der Waals surface area (Å²) in [6.07, 6.45) is 5.30. The van der Waals surface area contributed by atoms with Gasteiger partial charge in [-0.15, -0.1) is 0 Å². The van der Waals surface area contributed by atoms with Gasteiger partial charge in [0.15, 0.2) is 0 Å². The van der Waals surface area contributed by atoms with Crippen molar-refractivity contribution in [1.29, 1.82) is 0 Å². The van der Waals surface area contributed by atoms with Crippen LogP contribution in [0.5, 0.6) is 0 Å². The van der Waals surface area contributed by atoms with Crippen LogP contribution in [0.2, 0.25) is 5.02 Å². The van der Waals surface area contributed by atoms with Crippen molar-refractivity contribution in [2.45, 2.75) is 44.1 Å². The van der Waals surface area contributed by atoms with Crippen LogP contribution in [-0.2, 0) is 4.79 Å². The van der Waals surface area contributed by atoms with E-state index in [1.165, 1.54) is 24.2 Å². The molecular formula is C26H32ClN3O. The maximum Gasteiger partial charge on any atom is 0.227 e. The van der Waals surface area contributed by atoms with Crippen LogP contribution < -0.4 is 10.2 Å². The lowest BCUT2D eigenvalue weighted by molar-refractivity contribution is -0.120. The van der Waals surface area contributed by atoms with Crippen LogP contribution in [0.25, 0.3) is 0 Å². The van der Waals surface area contributed by atoms with Gasteiger partial charge in [-0.05, 0) is 92.9 Å². The summed E-state index contributed by atoms with van der Waals surface area (Å²) in [5.74, 6) is 1.62. The number of rotatable bonds is 4. The highest BCUT2D eigenvalue weighted by atomic mass is 35.5. The first-order valence-electron chi connectivity index (χ1n) is 11.7. The third-order valence-electron chi connectivity index (χ3n) is 7.64. The van der Waals surface area contributed by atoms with Gasteiger partial charge < -0.3 is 15.1 Å². The molecule has 31 heavy (non-hydrogen) atoms. The number of carbonyl (C=O) groups excluding carboxylic acids is 1. The zero-order chi connectivity index (χ0) is 21.4. The Morgan fingerprint density at radius 3 is 2.35 bits per heavy atom. The third kappa shape index (κ3) is 4.47. The van der Waals surface area contributed by atoms with Gasteiger partial charge >= 0.3 is 0 Å². The minimum atomic E-state index is 0.108. The number of anilines is 2. The smallest absolute Gasteiger partial charge is 0.227 e. The number of benzene rings is 2. The third-order valence-corrected chi connectivity index (χ3v) is 7.89. The van der Waals surface area contributed by atoms with E-state index in [-0.39, 0.29) is 11.8 Å². The van der Waals surface area contributed by atoms with E-state index in [2.05, 4.69) is 58.6 Å². The van der Waals surface area contributed by atoms with Gasteiger partial charge in [-0.1, -0.05) is 23.7 Å². The first-order valence-corrected chi connectivity index (χ1v) is 12.1. The number of amides is 1. The van der Waals surface area contributed by atoms with Gasteiger partial charge in [0, 0.05) is 48.0 Å². The van der Waals surface area contributed by atoms with Crippen molar-refractivity contribution in [2.24, 2.45) is 11.8 Å². The predicted molar refractivity (Wildman–Crippen MR) is 128 cm³/mol. The minimum absolute atomic E-state index is 0.108. The average Bonchev–Trinajstić information content (AvgIpc) is 3.34. The van der Waals surface area contributed by atoms with Crippen molar-refractivity contribution in [2.75, 3.05) is 36.9 Å². The number of nitrogens with zero attached hydrogens (tertiary/aromatic N) is 2. The Bertz CT molecular complexity index is 905. The largest absolute Gasteiger partial charge is 0.367 e. The second-order valence-electron chi connectivity index (χ2n) is 9.67. The molecule has 0 aromatic heterocycles. The molecule has 2 atom stereocenters. The molecule has 2 aromatic carbocycles. The summed E-state index contributed by atoms with van der Waals surface area (Å²) in [6, 6.07) is 17.3. The van der Waals surface area contributed by atoms with Gasteiger partial charge in [0.05, 0.1) is 0 Å². The van der Waals surface area contributed by atoms with Gasteiger partial charge in [0.1, 0.15) is 0 Å². The van der Waals surface area contributed by atoms with Crippen molar-refractivity contribution >= 4 is 28.9 Å². The van der Waals surface area contributed by atoms with E-state index in [0.717, 1.165) is 55.4 Å². The van der Waals surface area contributed by atoms with Gasteiger partial charge in [-0.25, -0.2) is 0 Å². The molecule has 3 fully saturated rings. The Balaban J connectivity index is 1.15. The number of hydrogen-bond donors (Lipinski definition) is 1. The Hall–Kier alpha value is -2.04. The van der Waals surface area contributed by atoms with E-state index in [4.69, 9.17) is 11.6 Å². The number of carbonyl (C=O) groups is 1. The summed E-state index contributed by atoms with van der Waals surface area (Å²) < 4.78 is 0. The lowest BCUT2D eigenvalue weighted by Gasteiger charge is -2.28. The van der Waals surface area contributed by atoms with E-state index >= 15 is 0 Å². The van der Waals surface area contributed by atoms with Crippen molar-refractivity contribution < 1.29 is 4.79 Å². The Morgan fingerprint density at radius 2 is 1.65 bits per heavy atom. The molecule has 0 radical (unpaired) electrons. The fourth-order valence-corrected chi connectivity index (χ4v) is 6.02. The van der Waals surface area contributed by atoms with Crippen LogP contribution in [0.3, 0.4) is 0 Å². The summed E-state index contributed by atoms with van der Waals surface area (Å²) in [4.78, 5) is 17.8. The zero-order valence-electron chi connectivity index (χ0n) is 18.3. The van der Waals surface area contributed by atoms with E-state index < -0.39 is 0 Å². The van der Waals surface area contributed by atoms with Crippen LogP contribution in [0, 0.1) is 11.8 Å². The maximum atomic E-state index is 12.8. The molecule has 1 amide bonds. The Morgan fingerprint density at radius 1 is 0.935 bits per heavy atom. The van der Waals surface area contributed by atoms with Crippen molar-refractivity contribution in [3.63, 3.8) is 0 Å². The Kier molecular flexibility index (Phi) is 5.94. The quantitative estimate of drug-likeness (QED) is 0.696. The monoisotopic (exact) mass is 437 g/mol. The van der Waals surface area contributed by atoms with Crippen molar-refractivity contribution in [1.82, 2.24) is 4.90 Å². The van der Waals surface area contributed by atoms with Crippen LogP contribution in [-0.4, -0.2) is 43.5 Å². The summed E-state index contributed by atoms with van der Waals surface area (Å²) in [5.41, 5.74) is 3.54. The van der Waals surface area contributed by atoms with Crippen LogP contribution in [0.4, 0.5) is 11.4 Å². The van der Waals surface area contributed by atoms with Gasteiger partial charge in [-0.2, -0.15) is 0 Å². The highest BCUT2D eigenvalue weighted by molar-refractivity contribution is 6.30. The molecule has 1 saturated carbocycles. The van der Waals surface area contributed by atoms with E-state index in [1.54, 1.807) is 0 Å². The number of likely N-dealkylation sites (N-methyl/N-ethyl adjacent to an activating group) is 1. The van der Waals surface area contributed by atoms with Gasteiger partial charge in [0.25, 0.3) is 0 Å². The summed E-state index contributed by atoms with van der Waals surface area (Å²) in [5, 5.41) is 3.94. The number of halogens is 1. The zero-order valence-corrected chi connectivity index (χ0v) is 19.0. The molecule has 1 aliphatic carbocycles. The molecule has 4 nitrogen and oxygen atoms in total. The fraction of sp³-hybridized carbons (Fsp3) is 0.500. The molecule has 2 aliphatic heterocycles. The van der Waals surface area contributed by atoms with Gasteiger partial charge in [0.2, 0.25) is 5.91 Å². The van der Waals surface area contributed by atoms with Gasteiger partial charge in [-0.3, -0.25) is 4.79 Å². The number of likely N-dealkylation sites (tertiary alicyclic amines) is 1. The topological polar surface area (TPSA) is 35.6 Å². The molecule has 0 bridgehead atoms. The standard InChI is InChI=1S/C26H32ClN3O/c1-29-16-21-14-15-30(25(21)17-29)24-12-10-23(11-13-24)28-26(31)20-4-2-18(3-5-20)19-6-8-22(27)9-7-19/h6-13,18,20-21,25H,2-5,14-17H2,1H3,(H,28,31)/t18?,20?,21-,25+/m0/s1. The second-order valence-corrected chi connectivity index (χ2v) is 10.1. The Labute approximate surface area is 190 Å². The number of hydrogen-bond acceptors (Lipinski definition) is 3. The molecule has 0 spiro atoms. The van der Waals surface area contributed by atoms with Crippen LogP contribution >= 0.6 is 11.6 Å². The summed E-state index contributed by atoms with van der Waals surface area (Å²) >= 11 is 6.01. The normalized spacial score (nSPS) is 28.5. The molecule has 1 N–H and O–H groups in total.